The molecule has 3 atom stereocenters. The molecule has 0 radical (unpaired) electrons. The molecule has 1 aliphatic carbocycles. The molecule has 1 amide bonds. The lowest BCUT2D eigenvalue weighted by molar-refractivity contribution is -0.115. The summed E-state index contributed by atoms with van der Waals surface area (Å²) >= 11 is 0. The maximum Gasteiger partial charge on any atom is 0.269 e. The van der Waals surface area contributed by atoms with Crippen LogP contribution in [0.25, 0.3) is 0 Å². The van der Waals surface area contributed by atoms with Crippen molar-refractivity contribution in [3.05, 3.63) is 11.8 Å². The predicted molar refractivity (Wildman–Crippen MR) is 73.0 cm³/mol. The second-order valence-corrected chi connectivity index (χ2v) is 5.28. The van der Waals surface area contributed by atoms with Crippen LogP contribution in [0, 0.1) is 5.92 Å². The van der Waals surface area contributed by atoms with Gasteiger partial charge in [0.05, 0.1) is 19.3 Å². The highest BCUT2D eigenvalue weighted by atomic mass is 16.5. The van der Waals surface area contributed by atoms with Crippen molar-refractivity contribution >= 4 is 11.6 Å². The van der Waals surface area contributed by atoms with Gasteiger partial charge in [-0.1, -0.05) is 12.8 Å². The highest BCUT2D eigenvalue weighted by Gasteiger charge is 2.33. The molecule has 0 aromatic rings. The van der Waals surface area contributed by atoms with Gasteiger partial charge >= 0.3 is 0 Å². The summed E-state index contributed by atoms with van der Waals surface area (Å²) in [5.41, 5.74) is 0.417. The fourth-order valence-corrected chi connectivity index (χ4v) is 2.72. The third-order valence-electron chi connectivity index (χ3n) is 3.71. The SMILES string of the molecule is COC1=CC(C(=O)NCC(C)O)=NC2CCCCC12. The summed E-state index contributed by atoms with van der Waals surface area (Å²) in [6.07, 6.45) is 5.63. The molecule has 5 heteroatoms. The zero-order valence-corrected chi connectivity index (χ0v) is 11.6. The number of nitrogens with one attached hydrogen (secondary N) is 1. The summed E-state index contributed by atoms with van der Waals surface area (Å²) < 4.78 is 5.42. The number of hydrogen-bond acceptors (Lipinski definition) is 4. The Balaban J connectivity index is 2.09. The zero-order chi connectivity index (χ0) is 13.8. The van der Waals surface area contributed by atoms with Gasteiger partial charge in [-0.25, -0.2) is 0 Å². The van der Waals surface area contributed by atoms with Crippen molar-refractivity contribution in [2.24, 2.45) is 10.9 Å². The van der Waals surface area contributed by atoms with Crippen LogP contribution in [0.2, 0.25) is 0 Å². The van der Waals surface area contributed by atoms with E-state index >= 15 is 0 Å². The third kappa shape index (κ3) is 3.35. The Morgan fingerprint density at radius 1 is 1.58 bits per heavy atom. The third-order valence-corrected chi connectivity index (χ3v) is 3.71. The van der Waals surface area contributed by atoms with Crippen LogP contribution in [0.4, 0.5) is 0 Å². The normalized spacial score (nSPS) is 27.7. The lowest BCUT2D eigenvalue weighted by Crippen LogP contribution is -2.39. The predicted octanol–water partition coefficient (Wildman–Crippen LogP) is 1.03. The second kappa shape index (κ2) is 6.19. The van der Waals surface area contributed by atoms with Gasteiger partial charge in [-0.2, -0.15) is 0 Å². The van der Waals surface area contributed by atoms with Crippen molar-refractivity contribution < 1.29 is 14.6 Å². The molecule has 1 fully saturated rings. The van der Waals surface area contributed by atoms with Crippen LogP contribution in [0.5, 0.6) is 0 Å². The average molecular weight is 266 g/mol. The quantitative estimate of drug-likeness (QED) is 0.798. The number of aliphatic hydroxyl groups is 1. The summed E-state index contributed by atoms with van der Waals surface area (Å²) in [5, 5.41) is 11.9. The van der Waals surface area contributed by atoms with Gasteiger partial charge < -0.3 is 15.2 Å². The van der Waals surface area contributed by atoms with E-state index in [1.807, 2.05) is 0 Å². The highest BCUT2D eigenvalue weighted by molar-refractivity contribution is 6.43. The number of aliphatic hydroxyl groups excluding tert-OH is 1. The second-order valence-electron chi connectivity index (χ2n) is 5.28. The van der Waals surface area contributed by atoms with E-state index in [0.717, 1.165) is 25.0 Å². The van der Waals surface area contributed by atoms with E-state index in [-0.39, 0.29) is 18.5 Å². The van der Waals surface area contributed by atoms with Crippen molar-refractivity contribution in [2.45, 2.75) is 44.8 Å². The lowest BCUT2D eigenvalue weighted by atomic mass is 9.81. The molecule has 0 aromatic heterocycles. The first-order chi connectivity index (χ1) is 9.11. The number of carbonyl (C=O) groups excluding carboxylic acids is 1. The van der Waals surface area contributed by atoms with Crippen molar-refractivity contribution in [3.8, 4) is 0 Å². The molecule has 0 bridgehead atoms. The van der Waals surface area contributed by atoms with Crippen molar-refractivity contribution in [1.82, 2.24) is 5.32 Å². The van der Waals surface area contributed by atoms with Crippen LogP contribution < -0.4 is 5.32 Å². The van der Waals surface area contributed by atoms with E-state index in [1.54, 1.807) is 20.1 Å². The fourth-order valence-electron chi connectivity index (χ4n) is 2.72. The maximum atomic E-state index is 12.0. The summed E-state index contributed by atoms with van der Waals surface area (Å²) in [5.74, 6) is 0.952. The van der Waals surface area contributed by atoms with Gasteiger partial charge in [0.2, 0.25) is 0 Å². The minimum absolute atomic E-state index is 0.168. The molecule has 0 aromatic carbocycles. The molecule has 0 spiro atoms. The Labute approximate surface area is 113 Å². The monoisotopic (exact) mass is 266 g/mol. The summed E-state index contributed by atoms with van der Waals surface area (Å²) in [4.78, 5) is 16.5. The Bertz CT molecular complexity index is 401. The standard InChI is InChI=1S/C14H22N2O3/c1-9(17)8-15-14(18)12-7-13(19-2)10-5-3-4-6-11(10)16-12/h7,9-11,17H,3-6,8H2,1-2H3,(H,15,18). The molecule has 2 N–H and O–H groups in total. The number of aliphatic imine (C=N–C) groups is 1. The van der Waals surface area contributed by atoms with Gasteiger partial charge in [0, 0.05) is 18.5 Å². The molecule has 1 aliphatic heterocycles. The molecular weight excluding hydrogens is 244 g/mol. The minimum Gasteiger partial charge on any atom is -0.501 e. The Morgan fingerprint density at radius 3 is 3.00 bits per heavy atom. The van der Waals surface area contributed by atoms with Crippen LogP contribution in [0.3, 0.4) is 0 Å². The van der Waals surface area contributed by atoms with Crippen molar-refractivity contribution in [3.63, 3.8) is 0 Å². The molecule has 2 aliphatic rings. The number of fused-ring (bicyclic) bond motifs is 1. The number of dihydropyridines is 1. The number of carbonyl (C=O) groups is 1. The fraction of sp³-hybridized carbons (Fsp3) is 0.714. The van der Waals surface area contributed by atoms with Crippen LogP contribution in [-0.4, -0.2) is 42.5 Å². The molecule has 0 saturated heterocycles. The van der Waals surface area contributed by atoms with Crippen LogP contribution in [0.1, 0.15) is 32.6 Å². The lowest BCUT2D eigenvalue weighted by Gasteiger charge is -2.33. The van der Waals surface area contributed by atoms with E-state index in [9.17, 15) is 9.90 Å². The van der Waals surface area contributed by atoms with E-state index in [1.165, 1.54) is 6.42 Å². The van der Waals surface area contributed by atoms with Gasteiger partial charge in [0.25, 0.3) is 5.91 Å². The molecule has 3 unspecified atom stereocenters. The molecule has 1 heterocycles. The number of rotatable bonds is 4. The van der Waals surface area contributed by atoms with Crippen molar-refractivity contribution in [2.75, 3.05) is 13.7 Å². The number of hydrogen-bond donors (Lipinski definition) is 2. The Kier molecular flexibility index (Phi) is 4.58. The molecular formula is C14H22N2O3. The molecule has 2 rings (SSSR count). The zero-order valence-electron chi connectivity index (χ0n) is 11.6. The summed E-state index contributed by atoms with van der Waals surface area (Å²) in [7, 11) is 1.65. The van der Waals surface area contributed by atoms with Gasteiger partial charge in [-0.3, -0.25) is 9.79 Å². The first-order valence-electron chi connectivity index (χ1n) is 6.91. The first-order valence-corrected chi connectivity index (χ1v) is 6.91. The minimum atomic E-state index is -0.554. The topological polar surface area (TPSA) is 70.9 Å². The molecule has 106 valence electrons. The van der Waals surface area contributed by atoms with Gasteiger partial charge in [-0.05, 0) is 19.8 Å². The number of amides is 1. The summed E-state index contributed by atoms with van der Waals surface area (Å²) in [6, 6.07) is 0.168. The number of nitrogens with zero attached hydrogens (tertiary/aromatic N) is 1. The summed E-state index contributed by atoms with van der Waals surface area (Å²) in [6.45, 7) is 1.87. The smallest absolute Gasteiger partial charge is 0.269 e. The van der Waals surface area contributed by atoms with E-state index < -0.39 is 6.10 Å². The molecule has 5 nitrogen and oxygen atoms in total. The molecule has 19 heavy (non-hydrogen) atoms. The van der Waals surface area contributed by atoms with Gasteiger partial charge in [0.15, 0.2) is 0 Å². The van der Waals surface area contributed by atoms with Gasteiger partial charge in [-0.15, -0.1) is 0 Å². The number of ether oxygens (including phenoxy) is 1. The van der Waals surface area contributed by atoms with E-state index in [2.05, 4.69) is 10.3 Å². The number of methoxy groups -OCH3 is 1. The van der Waals surface area contributed by atoms with Crippen molar-refractivity contribution in [1.29, 1.82) is 0 Å². The Morgan fingerprint density at radius 2 is 2.32 bits per heavy atom. The Hall–Kier alpha value is -1.36. The van der Waals surface area contributed by atoms with Crippen LogP contribution in [0.15, 0.2) is 16.8 Å². The molecule has 1 saturated carbocycles. The highest BCUT2D eigenvalue weighted by Crippen LogP contribution is 2.35. The maximum absolute atomic E-state index is 12.0. The van der Waals surface area contributed by atoms with E-state index in [0.29, 0.717) is 11.6 Å². The van der Waals surface area contributed by atoms with E-state index in [4.69, 9.17) is 4.74 Å². The van der Waals surface area contributed by atoms with Crippen LogP contribution in [-0.2, 0) is 9.53 Å². The average Bonchev–Trinajstić information content (AvgIpc) is 2.43. The first kappa shape index (κ1) is 14.1. The van der Waals surface area contributed by atoms with Gasteiger partial charge in [0.1, 0.15) is 11.5 Å². The largest absolute Gasteiger partial charge is 0.501 e. The van der Waals surface area contributed by atoms with Crippen LogP contribution >= 0.6 is 0 Å².